The number of rotatable bonds is 7. The highest BCUT2D eigenvalue weighted by Gasteiger charge is 2.30. The first-order valence-electron chi connectivity index (χ1n) is 10.2. The number of nitrogens with zero attached hydrogens (tertiary/aromatic N) is 3. The number of hydrogen-bond donors (Lipinski definition) is 0. The van der Waals surface area contributed by atoms with Crippen LogP contribution in [0.1, 0.15) is 26.7 Å². The molecule has 1 aromatic carbocycles. The molecular formula is C20H27N3O6S2. The van der Waals surface area contributed by atoms with Gasteiger partial charge in [0.1, 0.15) is 12.3 Å². The van der Waals surface area contributed by atoms with Gasteiger partial charge in [-0.2, -0.15) is 4.99 Å². The number of ether oxygens (including phenoxy) is 2. The lowest BCUT2D eigenvalue weighted by Gasteiger charge is -2.28. The van der Waals surface area contributed by atoms with E-state index >= 15 is 0 Å². The van der Waals surface area contributed by atoms with Gasteiger partial charge in [0.2, 0.25) is 10.0 Å². The van der Waals surface area contributed by atoms with Crippen molar-refractivity contribution in [1.82, 2.24) is 8.87 Å². The second-order valence-corrected chi connectivity index (χ2v) is 10.2. The molecule has 1 atom stereocenters. The van der Waals surface area contributed by atoms with Gasteiger partial charge in [-0.1, -0.05) is 11.3 Å². The average molecular weight is 470 g/mol. The minimum Gasteiger partial charge on any atom is -0.494 e. The normalized spacial score (nSPS) is 18.3. The van der Waals surface area contributed by atoms with Gasteiger partial charge in [-0.3, -0.25) is 9.59 Å². The van der Waals surface area contributed by atoms with Crippen LogP contribution in [0.25, 0.3) is 10.2 Å². The molecule has 0 spiro atoms. The molecule has 1 aromatic heterocycles. The minimum atomic E-state index is -3.36. The highest BCUT2D eigenvalue weighted by atomic mass is 32.2. The first-order valence-corrected chi connectivity index (χ1v) is 12.8. The van der Waals surface area contributed by atoms with Crippen molar-refractivity contribution in [3.63, 3.8) is 0 Å². The molecule has 11 heteroatoms. The topological polar surface area (TPSA) is 107 Å². The van der Waals surface area contributed by atoms with E-state index in [1.165, 1.54) is 15.6 Å². The maximum absolute atomic E-state index is 12.9. The van der Waals surface area contributed by atoms with Crippen LogP contribution in [-0.2, 0) is 30.9 Å². The van der Waals surface area contributed by atoms with Crippen molar-refractivity contribution >= 4 is 43.5 Å². The van der Waals surface area contributed by atoms with Crippen molar-refractivity contribution in [2.24, 2.45) is 10.9 Å². The minimum absolute atomic E-state index is 0.0753. The van der Waals surface area contributed by atoms with Crippen LogP contribution in [0.3, 0.4) is 0 Å². The third-order valence-corrected chi connectivity index (χ3v) is 7.28. The zero-order valence-corrected chi connectivity index (χ0v) is 19.5. The van der Waals surface area contributed by atoms with E-state index in [0.29, 0.717) is 36.5 Å². The van der Waals surface area contributed by atoms with Crippen molar-refractivity contribution in [2.45, 2.75) is 33.2 Å². The van der Waals surface area contributed by atoms with Crippen LogP contribution < -0.4 is 9.54 Å². The van der Waals surface area contributed by atoms with Crippen molar-refractivity contribution in [1.29, 1.82) is 0 Å². The Labute approximate surface area is 185 Å². The molecule has 0 radical (unpaired) electrons. The summed E-state index contributed by atoms with van der Waals surface area (Å²) in [5.74, 6) is -0.634. The van der Waals surface area contributed by atoms with E-state index in [4.69, 9.17) is 9.47 Å². The standard InChI is InChI=1S/C20H27N3O6S2/c1-4-28-15-8-9-16-17(11-15)30-20(23(16)13-18(24)29-5-2)21-19(25)14-7-6-10-22(12-14)31(3,26)27/h8-9,11,14H,4-7,10,12-13H2,1-3H3. The molecule has 9 nitrogen and oxygen atoms in total. The zero-order valence-electron chi connectivity index (χ0n) is 17.9. The third-order valence-electron chi connectivity index (χ3n) is 4.97. The Hall–Kier alpha value is -2.24. The summed E-state index contributed by atoms with van der Waals surface area (Å²) in [6.45, 7) is 4.86. The molecule has 1 aliphatic heterocycles. The molecule has 3 rings (SSSR count). The lowest BCUT2D eigenvalue weighted by molar-refractivity contribution is -0.143. The van der Waals surface area contributed by atoms with Gasteiger partial charge < -0.3 is 14.0 Å². The molecule has 0 N–H and O–H groups in total. The molecule has 1 unspecified atom stereocenters. The number of fused-ring (bicyclic) bond motifs is 1. The van der Waals surface area contributed by atoms with Crippen molar-refractivity contribution < 1.29 is 27.5 Å². The lowest BCUT2D eigenvalue weighted by Crippen LogP contribution is -2.41. The molecule has 1 fully saturated rings. The van der Waals surface area contributed by atoms with Gasteiger partial charge in [-0.15, -0.1) is 0 Å². The third kappa shape index (κ3) is 5.72. The SMILES string of the molecule is CCOC(=O)Cn1c(=NC(=O)C2CCCN(S(C)(=O)=O)C2)sc2cc(OCC)ccc21. The van der Waals surface area contributed by atoms with Crippen LogP contribution in [0.5, 0.6) is 5.75 Å². The fourth-order valence-corrected chi connectivity index (χ4v) is 5.49. The Morgan fingerprint density at radius 1 is 1.26 bits per heavy atom. The number of aromatic nitrogens is 1. The molecule has 0 aliphatic carbocycles. The number of amides is 1. The summed E-state index contributed by atoms with van der Waals surface area (Å²) in [5.41, 5.74) is 0.745. The summed E-state index contributed by atoms with van der Waals surface area (Å²) >= 11 is 1.28. The average Bonchev–Trinajstić information content (AvgIpc) is 3.04. The number of benzene rings is 1. The maximum Gasteiger partial charge on any atom is 0.326 e. The molecule has 0 bridgehead atoms. The number of carbonyl (C=O) groups excluding carboxylic acids is 2. The van der Waals surface area contributed by atoms with E-state index in [9.17, 15) is 18.0 Å². The Kier molecular flexibility index (Phi) is 7.50. The summed E-state index contributed by atoms with van der Waals surface area (Å²) < 4.78 is 38.2. The van der Waals surface area contributed by atoms with Crippen molar-refractivity contribution in [3.8, 4) is 5.75 Å². The number of piperidine rings is 1. The molecule has 31 heavy (non-hydrogen) atoms. The van der Waals surface area contributed by atoms with Gasteiger partial charge in [0.05, 0.1) is 35.6 Å². The van der Waals surface area contributed by atoms with E-state index in [-0.39, 0.29) is 25.6 Å². The quantitative estimate of drug-likeness (QED) is 0.572. The number of hydrogen-bond acceptors (Lipinski definition) is 7. The molecule has 170 valence electrons. The summed E-state index contributed by atoms with van der Waals surface area (Å²) in [5, 5.41) is 0. The van der Waals surface area contributed by atoms with E-state index in [0.717, 1.165) is 16.5 Å². The van der Waals surface area contributed by atoms with Crippen LogP contribution in [0.4, 0.5) is 0 Å². The number of thiazole rings is 1. The summed E-state index contributed by atoms with van der Waals surface area (Å²) in [6, 6.07) is 5.48. The summed E-state index contributed by atoms with van der Waals surface area (Å²) in [7, 11) is -3.36. The van der Waals surface area contributed by atoms with Gasteiger partial charge in [0, 0.05) is 13.1 Å². The van der Waals surface area contributed by atoms with E-state index in [1.54, 1.807) is 17.6 Å². The van der Waals surface area contributed by atoms with Gasteiger partial charge in [0.25, 0.3) is 5.91 Å². The van der Waals surface area contributed by atoms with Crippen molar-refractivity contribution in [3.05, 3.63) is 23.0 Å². The molecule has 0 saturated carbocycles. The Bertz CT molecular complexity index is 1140. The van der Waals surface area contributed by atoms with Gasteiger partial charge in [0.15, 0.2) is 4.80 Å². The van der Waals surface area contributed by atoms with E-state index in [1.807, 2.05) is 19.1 Å². The zero-order chi connectivity index (χ0) is 22.6. The van der Waals surface area contributed by atoms with Crippen LogP contribution in [0.15, 0.2) is 23.2 Å². The second kappa shape index (κ2) is 9.92. The molecule has 2 heterocycles. The number of carbonyl (C=O) groups is 2. The highest BCUT2D eigenvalue weighted by Crippen LogP contribution is 2.24. The van der Waals surface area contributed by atoms with E-state index < -0.39 is 21.9 Å². The van der Waals surface area contributed by atoms with E-state index in [2.05, 4.69) is 4.99 Å². The second-order valence-electron chi connectivity index (χ2n) is 7.25. The Balaban J connectivity index is 1.99. The van der Waals surface area contributed by atoms with Crippen molar-refractivity contribution in [2.75, 3.05) is 32.6 Å². The highest BCUT2D eigenvalue weighted by molar-refractivity contribution is 7.88. The first-order chi connectivity index (χ1) is 14.7. The first kappa shape index (κ1) is 23.4. The van der Waals surface area contributed by atoms with Gasteiger partial charge in [-0.25, -0.2) is 12.7 Å². The van der Waals surface area contributed by atoms with Gasteiger partial charge >= 0.3 is 5.97 Å². The molecular weight excluding hydrogens is 442 g/mol. The summed E-state index contributed by atoms with van der Waals surface area (Å²) in [4.78, 5) is 29.7. The van der Waals surface area contributed by atoms with Crippen LogP contribution >= 0.6 is 11.3 Å². The number of esters is 1. The van der Waals surface area contributed by atoms with Crippen LogP contribution in [0, 0.1) is 5.92 Å². The predicted octanol–water partition coefficient (Wildman–Crippen LogP) is 1.76. The molecule has 1 aliphatic rings. The summed E-state index contributed by atoms with van der Waals surface area (Å²) in [6.07, 6.45) is 2.32. The van der Waals surface area contributed by atoms with Crippen LogP contribution in [-0.4, -0.2) is 61.7 Å². The molecule has 1 amide bonds. The Morgan fingerprint density at radius 3 is 2.71 bits per heavy atom. The monoisotopic (exact) mass is 469 g/mol. The van der Waals surface area contributed by atoms with Crippen LogP contribution in [0.2, 0.25) is 0 Å². The predicted molar refractivity (Wildman–Crippen MR) is 117 cm³/mol. The fourth-order valence-electron chi connectivity index (χ4n) is 3.51. The maximum atomic E-state index is 12.9. The smallest absolute Gasteiger partial charge is 0.326 e. The fraction of sp³-hybridized carbons (Fsp3) is 0.550. The Morgan fingerprint density at radius 2 is 2.03 bits per heavy atom. The molecule has 1 saturated heterocycles. The largest absolute Gasteiger partial charge is 0.494 e. The van der Waals surface area contributed by atoms with Gasteiger partial charge in [-0.05, 0) is 44.9 Å². The molecule has 2 aromatic rings. The lowest BCUT2D eigenvalue weighted by atomic mass is 9.99. The number of sulfonamides is 1.